The van der Waals surface area contributed by atoms with E-state index in [0.29, 0.717) is 26.1 Å². The van der Waals surface area contributed by atoms with E-state index in [1.165, 1.54) is 0 Å². The Bertz CT molecular complexity index is 520. The van der Waals surface area contributed by atoms with Crippen molar-refractivity contribution in [2.75, 3.05) is 26.8 Å². The molecule has 0 heterocycles. The summed E-state index contributed by atoms with van der Waals surface area (Å²) in [6.45, 7) is 2.77. The van der Waals surface area contributed by atoms with E-state index in [-0.39, 0.29) is 0 Å². The van der Waals surface area contributed by atoms with Crippen LogP contribution in [0.15, 0.2) is 30.3 Å². The van der Waals surface area contributed by atoms with Crippen LogP contribution in [0, 0.1) is 11.3 Å². The van der Waals surface area contributed by atoms with E-state index in [1.54, 1.807) is 13.2 Å². The van der Waals surface area contributed by atoms with E-state index < -0.39 is 5.97 Å². The highest BCUT2D eigenvalue weighted by Gasteiger charge is 2.06. The zero-order valence-electron chi connectivity index (χ0n) is 12.2. The standard InChI is InChI=1S/C16H20N2O3/c1-21-11-10-18(9-3-8-17)13-15-5-2-4-14(12-15)6-7-16(19)20/h2,4-7,12H,3,9-11,13H2,1H3,(H,19,20). The first-order valence-corrected chi connectivity index (χ1v) is 6.74. The Morgan fingerprint density at radius 1 is 1.48 bits per heavy atom. The summed E-state index contributed by atoms with van der Waals surface area (Å²) in [4.78, 5) is 12.7. The molecule has 0 spiro atoms. The number of aliphatic carboxylic acids is 1. The highest BCUT2D eigenvalue weighted by molar-refractivity contribution is 5.85. The van der Waals surface area contributed by atoms with Crippen molar-refractivity contribution < 1.29 is 14.6 Å². The van der Waals surface area contributed by atoms with Gasteiger partial charge in [-0.25, -0.2) is 4.79 Å². The number of ether oxygens (including phenoxy) is 1. The summed E-state index contributed by atoms with van der Waals surface area (Å²) in [6.07, 6.45) is 3.17. The number of methoxy groups -OCH3 is 1. The van der Waals surface area contributed by atoms with Gasteiger partial charge in [0, 0.05) is 39.2 Å². The molecule has 5 heteroatoms. The van der Waals surface area contributed by atoms with E-state index in [2.05, 4.69) is 11.0 Å². The minimum absolute atomic E-state index is 0.475. The lowest BCUT2D eigenvalue weighted by atomic mass is 10.1. The molecule has 1 rings (SSSR count). The van der Waals surface area contributed by atoms with Gasteiger partial charge in [-0.05, 0) is 17.2 Å². The number of nitriles is 1. The van der Waals surface area contributed by atoms with Crippen molar-refractivity contribution >= 4 is 12.0 Å². The van der Waals surface area contributed by atoms with Crippen LogP contribution < -0.4 is 0 Å². The van der Waals surface area contributed by atoms with Crippen molar-refractivity contribution in [3.8, 4) is 6.07 Å². The van der Waals surface area contributed by atoms with E-state index in [0.717, 1.165) is 23.7 Å². The molecule has 21 heavy (non-hydrogen) atoms. The van der Waals surface area contributed by atoms with Crippen molar-refractivity contribution in [3.05, 3.63) is 41.5 Å². The van der Waals surface area contributed by atoms with Crippen molar-refractivity contribution in [1.29, 1.82) is 5.26 Å². The zero-order chi connectivity index (χ0) is 15.5. The Hall–Kier alpha value is -2.16. The molecule has 0 amide bonds. The van der Waals surface area contributed by atoms with Crippen molar-refractivity contribution in [3.63, 3.8) is 0 Å². The number of carboxylic acid groups (broad SMARTS) is 1. The number of rotatable bonds is 9. The highest BCUT2D eigenvalue weighted by Crippen LogP contribution is 2.10. The van der Waals surface area contributed by atoms with Crippen LogP contribution in [-0.4, -0.2) is 42.8 Å². The van der Waals surface area contributed by atoms with Gasteiger partial charge in [0.15, 0.2) is 0 Å². The fourth-order valence-corrected chi connectivity index (χ4v) is 1.92. The van der Waals surface area contributed by atoms with Crippen LogP contribution in [0.2, 0.25) is 0 Å². The maximum absolute atomic E-state index is 10.5. The van der Waals surface area contributed by atoms with Crippen molar-refractivity contribution in [2.45, 2.75) is 13.0 Å². The first kappa shape index (κ1) is 16.9. The fourth-order valence-electron chi connectivity index (χ4n) is 1.92. The Balaban J connectivity index is 2.71. The summed E-state index contributed by atoms with van der Waals surface area (Å²) in [6, 6.07) is 9.84. The van der Waals surface area contributed by atoms with Gasteiger partial charge in [-0.1, -0.05) is 24.3 Å². The Labute approximate surface area is 125 Å². The molecule has 0 radical (unpaired) electrons. The molecule has 0 aliphatic rings. The molecule has 0 unspecified atom stereocenters. The van der Waals surface area contributed by atoms with E-state index in [9.17, 15) is 4.79 Å². The molecule has 0 aliphatic carbocycles. The Morgan fingerprint density at radius 3 is 2.95 bits per heavy atom. The molecule has 0 aliphatic heterocycles. The van der Waals surface area contributed by atoms with E-state index in [1.807, 2.05) is 24.3 Å². The third kappa shape index (κ3) is 7.25. The minimum atomic E-state index is -0.962. The van der Waals surface area contributed by atoms with Crippen LogP contribution in [0.5, 0.6) is 0 Å². The number of hydrogen-bond acceptors (Lipinski definition) is 4. The molecule has 0 aromatic heterocycles. The van der Waals surface area contributed by atoms with Gasteiger partial charge in [0.25, 0.3) is 0 Å². The fraction of sp³-hybridized carbons (Fsp3) is 0.375. The summed E-state index contributed by atoms with van der Waals surface area (Å²) in [5.41, 5.74) is 1.93. The second-order valence-electron chi connectivity index (χ2n) is 4.59. The lowest BCUT2D eigenvalue weighted by molar-refractivity contribution is -0.131. The van der Waals surface area contributed by atoms with Gasteiger partial charge >= 0.3 is 5.97 Å². The molecule has 1 aromatic carbocycles. The lowest BCUT2D eigenvalue weighted by Crippen LogP contribution is -2.28. The molecule has 112 valence electrons. The van der Waals surface area contributed by atoms with Gasteiger partial charge in [-0.3, -0.25) is 4.90 Å². The average molecular weight is 288 g/mol. The number of benzene rings is 1. The summed E-state index contributed by atoms with van der Waals surface area (Å²) in [7, 11) is 1.65. The molecule has 0 saturated carbocycles. The summed E-state index contributed by atoms with van der Waals surface area (Å²) < 4.78 is 5.08. The number of carboxylic acids is 1. The minimum Gasteiger partial charge on any atom is -0.478 e. The number of nitrogens with zero attached hydrogens (tertiary/aromatic N) is 2. The summed E-state index contributed by atoms with van der Waals surface area (Å²) >= 11 is 0. The quantitative estimate of drug-likeness (QED) is 0.705. The predicted molar refractivity (Wildman–Crippen MR) is 80.5 cm³/mol. The van der Waals surface area contributed by atoms with Crippen LogP contribution >= 0.6 is 0 Å². The van der Waals surface area contributed by atoms with Crippen LogP contribution in [-0.2, 0) is 16.1 Å². The monoisotopic (exact) mass is 288 g/mol. The second kappa shape index (κ2) is 9.70. The van der Waals surface area contributed by atoms with Crippen molar-refractivity contribution in [1.82, 2.24) is 4.90 Å². The molecule has 1 aromatic rings. The zero-order valence-corrected chi connectivity index (χ0v) is 12.2. The normalized spacial score (nSPS) is 10.9. The van der Waals surface area contributed by atoms with Crippen LogP contribution in [0.3, 0.4) is 0 Å². The SMILES string of the molecule is COCCN(CCC#N)Cc1cccc(C=CC(=O)O)c1. The third-order valence-corrected chi connectivity index (χ3v) is 2.93. The molecule has 0 bridgehead atoms. The number of carbonyl (C=O) groups is 1. The molecule has 0 atom stereocenters. The molecule has 0 saturated heterocycles. The van der Waals surface area contributed by atoms with Gasteiger partial charge in [-0.2, -0.15) is 5.26 Å². The van der Waals surface area contributed by atoms with Gasteiger partial charge in [0.1, 0.15) is 0 Å². The van der Waals surface area contributed by atoms with Gasteiger partial charge in [-0.15, -0.1) is 0 Å². The summed E-state index contributed by atoms with van der Waals surface area (Å²) in [5, 5.41) is 17.3. The topological polar surface area (TPSA) is 73.6 Å². The molecule has 0 fully saturated rings. The smallest absolute Gasteiger partial charge is 0.328 e. The largest absolute Gasteiger partial charge is 0.478 e. The molecular formula is C16H20N2O3. The summed E-state index contributed by atoms with van der Waals surface area (Å²) in [5.74, 6) is -0.962. The Morgan fingerprint density at radius 2 is 2.29 bits per heavy atom. The van der Waals surface area contributed by atoms with Gasteiger partial charge in [0.05, 0.1) is 12.7 Å². The van der Waals surface area contributed by atoms with Gasteiger partial charge in [0.2, 0.25) is 0 Å². The Kier molecular flexibility index (Phi) is 7.80. The van der Waals surface area contributed by atoms with E-state index in [4.69, 9.17) is 15.1 Å². The van der Waals surface area contributed by atoms with Crippen LogP contribution in [0.4, 0.5) is 0 Å². The first-order chi connectivity index (χ1) is 10.2. The molecule has 1 N–H and O–H groups in total. The molecule has 5 nitrogen and oxygen atoms in total. The number of hydrogen-bond donors (Lipinski definition) is 1. The predicted octanol–water partition coefficient (Wildman–Crippen LogP) is 2.15. The molecular weight excluding hydrogens is 268 g/mol. The third-order valence-electron chi connectivity index (χ3n) is 2.93. The maximum atomic E-state index is 10.5. The maximum Gasteiger partial charge on any atom is 0.328 e. The highest BCUT2D eigenvalue weighted by atomic mass is 16.5. The van der Waals surface area contributed by atoms with Crippen LogP contribution in [0.25, 0.3) is 6.08 Å². The van der Waals surface area contributed by atoms with Crippen molar-refractivity contribution in [2.24, 2.45) is 0 Å². The van der Waals surface area contributed by atoms with E-state index >= 15 is 0 Å². The van der Waals surface area contributed by atoms with Crippen LogP contribution in [0.1, 0.15) is 17.5 Å². The first-order valence-electron chi connectivity index (χ1n) is 6.74. The second-order valence-corrected chi connectivity index (χ2v) is 4.59. The average Bonchev–Trinajstić information content (AvgIpc) is 2.48. The van der Waals surface area contributed by atoms with Gasteiger partial charge < -0.3 is 9.84 Å². The lowest BCUT2D eigenvalue weighted by Gasteiger charge is -2.20.